The molecule has 0 aromatic heterocycles. The Morgan fingerprint density at radius 3 is 2.33 bits per heavy atom. The smallest absolute Gasteiger partial charge is 0.308 e. The van der Waals surface area contributed by atoms with Crippen molar-refractivity contribution < 1.29 is 14.3 Å². The number of rotatable bonds is 5. The van der Waals surface area contributed by atoms with E-state index in [2.05, 4.69) is 4.74 Å². The third kappa shape index (κ3) is 3.72. The monoisotopic (exact) mass is 174 g/mol. The van der Waals surface area contributed by atoms with Crippen molar-refractivity contribution in [3.63, 3.8) is 0 Å². The second kappa shape index (κ2) is 6.00. The fourth-order valence-corrected chi connectivity index (χ4v) is 1.09. The van der Waals surface area contributed by atoms with Gasteiger partial charge in [0.25, 0.3) is 0 Å². The molecule has 2 unspecified atom stereocenters. The van der Waals surface area contributed by atoms with Gasteiger partial charge in [0.2, 0.25) is 0 Å². The van der Waals surface area contributed by atoms with Crippen LogP contribution in [-0.4, -0.2) is 26.3 Å². The summed E-state index contributed by atoms with van der Waals surface area (Å²) in [4.78, 5) is 11.1. The van der Waals surface area contributed by atoms with Gasteiger partial charge >= 0.3 is 5.97 Å². The highest BCUT2D eigenvalue weighted by Gasteiger charge is 2.19. The lowest BCUT2D eigenvalue weighted by molar-refractivity contribution is -0.146. The van der Waals surface area contributed by atoms with E-state index >= 15 is 0 Å². The third-order valence-corrected chi connectivity index (χ3v) is 2.05. The van der Waals surface area contributed by atoms with Gasteiger partial charge in [0.05, 0.1) is 19.1 Å². The Balaban J connectivity index is 3.90. The molecular formula is C9H18O3. The van der Waals surface area contributed by atoms with Gasteiger partial charge in [0.15, 0.2) is 0 Å². The lowest BCUT2D eigenvalue weighted by Gasteiger charge is -2.16. The Morgan fingerprint density at radius 2 is 2.00 bits per heavy atom. The van der Waals surface area contributed by atoms with Crippen molar-refractivity contribution in [1.29, 1.82) is 0 Å². The maximum absolute atomic E-state index is 11.1. The van der Waals surface area contributed by atoms with Crippen LogP contribution in [0.1, 0.15) is 26.7 Å². The van der Waals surface area contributed by atoms with E-state index < -0.39 is 0 Å². The predicted octanol–water partition coefficient (Wildman–Crippen LogP) is 1.61. The fraction of sp³-hybridized carbons (Fsp3) is 0.889. The zero-order valence-corrected chi connectivity index (χ0v) is 8.29. The van der Waals surface area contributed by atoms with E-state index in [-0.39, 0.29) is 18.0 Å². The summed E-state index contributed by atoms with van der Waals surface area (Å²) in [6.45, 7) is 3.93. The highest BCUT2D eigenvalue weighted by atomic mass is 16.5. The van der Waals surface area contributed by atoms with Crippen LogP contribution in [0.5, 0.6) is 0 Å². The molecule has 0 rings (SSSR count). The molecule has 3 heteroatoms. The summed E-state index contributed by atoms with van der Waals surface area (Å²) in [6, 6.07) is 0. The fourth-order valence-electron chi connectivity index (χ4n) is 1.09. The molecule has 2 atom stereocenters. The summed E-state index contributed by atoms with van der Waals surface area (Å²) in [7, 11) is 3.07. The largest absolute Gasteiger partial charge is 0.469 e. The second-order valence-corrected chi connectivity index (χ2v) is 2.91. The molecule has 0 amide bonds. The average molecular weight is 174 g/mol. The van der Waals surface area contributed by atoms with E-state index in [9.17, 15) is 4.79 Å². The normalized spacial score (nSPS) is 15.3. The molecule has 0 saturated carbocycles. The van der Waals surface area contributed by atoms with Crippen molar-refractivity contribution in [2.75, 3.05) is 14.2 Å². The van der Waals surface area contributed by atoms with E-state index in [1.807, 2.05) is 13.8 Å². The molecule has 3 nitrogen and oxygen atoms in total. The SMILES string of the molecule is CCC(CC(C)OC)C(=O)OC. The number of esters is 1. The first-order chi connectivity index (χ1) is 5.65. The summed E-state index contributed by atoms with van der Waals surface area (Å²) < 4.78 is 9.72. The van der Waals surface area contributed by atoms with Crippen LogP contribution in [0.2, 0.25) is 0 Å². The Bertz CT molecular complexity index is 134. The van der Waals surface area contributed by atoms with Gasteiger partial charge in [-0.1, -0.05) is 6.92 Å². The minimum Gasteiger partial charge on any atom is -0.469 e. The summed E-state index contributed by atoms with van der Waals surface area (Å²) >= 11 is 0. The van der Waals surface area contributed by atoms with Gasteiger partial charge in [0, 0.05) is 7.11 Å². The lowest BCUT2D eigenvalue weighted by atomic mass is 10.00. The van der Waals surface area contributed by atoms with E-state index in [1.54, 1.807) is 7.11 Å². The quantitative estimate of drug-likeness (QED) is 0.594. The number of methoxy groups -OCH3 is 2. The van der Waals surface area contributed by atoms with Crippen molar-refractivity contribution in [1.82, 2.24) is 0 Å². The minimum atomic E-state index is -0.138. The van der Waals surface area contributed by atoms with Crippen LogP contribution < -0.4 is 0 Å². The van der Waals surface area contributed by atoms with Crippen molar-refractivity contribution in [3.05, 3.63) is 0 Å². The molecule has 0 heterocycles. The number of carbonyl (C=O) groups is 1. The Hall–Kier alpha value is -0.570. The van der Waals surface area contributed by atoms with Gasteiger partial charge in [-0.3, -0.25) is 4.79 Å². The molecule has 0 saturated heterocycles. The maximum atomic E-state index is 11.1. The summed E-state index contributed by atoms with van der Waals surface area (Å²) in [5.74, 6) is -0.161. The molecule has 0 bridgehead atoms. The van der Waals surface area contributed by atoms with Crippen LogP contribution in [0, 0.1) is 5.92 Å². The lowest BCUT2D eigenvalue weighted by Crippen LogP contribution is -2.21. The zero-order valence-electron chi connectivity index (χ0n) is 8.29. The Labute approximate surface area is 74.0 Å². The van der Waals surface area contributed by atoms with Crippen molar-refractivity contribution in [2.24, 2.45) is 5.92 Å². The molecule has 0 aromatic carbocycles. The number of ether oxygens (including phenoxy) is 2. The van der Waals surface area contributed by atoms with Gasteiger partial charge in [-0.2, -0.15) is 0 Å². The molecule has 12 heavy (non-hydrogen) atoms. The molecule has 0 fully saturated rings. The van der Waals surface area contributed by atoms with Gasteiger partial charge < -0.3 is 9.47 Å². The minimum absolute atomic E-state index is 0.0232. The first kappa shape index (κ1) is 11.4. The first-order valence-corrected chi connectivity index (χ1v) is 4.26. The standard InChI is InChI=1S/C9H18O3/c1-5-8(9(10)12-4)6-7(2)11-3/h7-8H,5-6H2,1-4H3. The van der Waals surface area contributed by atoms with Crippen molar-refractivity contribution >= 4 is 5.97 Å². The van der Waals surface area contributed by atoms with Crippen LogP contribution in [0.4, 0.5) is 0 Å². The number of carbonyl (C=O) groups excluding carboxylic acids is 1. The molecular weight excluding hydrogens is 156 g/mol. The topological polar surface area (TPSA) is 35.5 Å². The van der Waals surface area contributed by atoms with E-state index in [0.29, 0.717) is 0 Å². The zero-order chi connectivity index (χ0) is 9.56. The predicted molar refractivity (Wildman–Crippen MR) is 46.9 cm³/mol. The maximum Gasteiger partial charge on any atom is 0.308 e. The van der Waals surface area contributed by atoms with E-state index in [0.717, 1.165) is 12.8 Å². The van der Waals surface area contributed by atoms with Crippen LogP contribution in [0.25, 0.3) is 0 Å². The summed E-state index contributed by atoms with van der Waals surface area (Å²) in [5, 5.41) is 0. The number of hydrogen-bond acceptors (Lipinski definition) is 3. The highest BCUT2D eigenvalue weighted by Crippen LogP contribution is 2.13. The Morgan fingerprint density at radius 1 is 1.42 bits per heavy atom. The summed E-state index contributed by atoms with van der Waals surface area (Å²) in [5.41, 5.74) is 0. The second-order valence-electron chi connectivity index (χ2n) is 2.91. The molecule has 72 valence electrons. The van der Waals surface area contributed by atoms with E-state index in [1.165, 1.54) is 7.11 Å². The van der Waals surface area contributed by atoms with Crippen molar-refractivity contribution in [2.45, 2.75) is 32.8 Å². The van der Waals surface area contributed by atoms with Gasteiger partial charge in [-0.25, -0.2) is 0 Å². The molecule has 0 N–H and O–H groups in total. The molecule has 0 aromatic rings. The van der Waals surface area contributed by atoms with Crippen LogP contribution in [0.15, 0.2) is 0 Å². The molecule has 0 aliphatic carbocycles. The van der Waals surface area contributed by atoms with Gasteiger partial charge in [0.1, 0.15) is 0 Å². The van der Waals surface area contributed by atoms with Gasteiger partial charge in [-0.05, 0) is 19.8 Å². The summed E-state index contributed by atoms with van der Waals surface area (Å²) in [6.07, 6.45) is 1.66. The number of hydrogen-bond donors (Lipinski definition) is 0. The third-order valence-electron chi connectivity index (χ3n) is 2.05. The van der Waals surface area contributed by atoms with Crippen molar-refractivity contribution in [3.8, 4) is 0 Å². The van der Waals surface area contributed by atoms with Crippen LogP contribution in [-0.2, 0) is 14.3 Å². The van der Waals surface area contributed by atoms with E-state index in [4.69, 9.17) is 4.74 Å². The Kier molecular flexibility index (Phi) is 5.72. The molecule has 0 aliphatic rings. The van der Waals surface area contributed by atoms with Crippen LogP contribution in [0.3, 0.4) is 0 Å². The molecule has 0 aliphatic heterocycles. The van der Waals surface area contributed by atoms with Crippen LogP contribution >= 0.6 is 0 Å². The molecule has 0 spiro atoms. The average Bonchev–Trinajstić information content (AvgIpc) is 2.12. The first-order valence-electron chi connectivity index (χ1n) is 4.26. The highest BCUT2D eigenvalue weighted by molar-refractivity contribution is 5.72. The molecule has 0 radical (unpaired) electrons. The van der Waals surface area contributed by atoms with Gasteiger partial charge in [-0.15, -0.1) is 0 Å².